The molecule has 1 aliphatic carbocycles. The molecule has 16 heavy (non-hydrogen) atoms. The second-order valence-corrected chi connectivity index (χ2v) is 4.88. The fourth-order valence-corrected chi connectivity index (χ4v) is 2.74. The molecule has 0 spiro atoms. The zero-order chi connectivity index (χ0) is 11.2. The van der Waals surface area contributed by atoms with Crippen LogP contribution in [0.5, 0.6) is 0 Å². The van der Waals surface area contributed by atoms with Crippen molar-refractivity contribution in [3.8, 4) is 0 Å². The Hall–Kier alpha value is -1.58. The highest BCUT2D eigenvalue weighted by Crippen LogP contribution is 2.43. The number of hydrogen-bond acceptors (Lipinski definition) is 3. The average Bonchev–Trinajstić information content (AvgIpc) is 2.60. The van der Waals surface area contributed by atoms with Gasteiger partial charge in [0.1, 0.15) is 0 Å². The lowest BCUT2D eigenvalue weighted by Crippen LogP contribution is -2.41. The Morgan fingerprint density at radius 2 is 2.38 bits per heavy atom. The van der Waals surface area contributed by atoms with Gasteiger partial charge in [0.2, 0.25) is 5.91 Å². The summed E-state index contributed by atoms with van der Waals surface area (Å²) >= 11 is 0. The molecule has 1 amide bonds. The molecule has 0 bridgehead atoms. The summed E-state index contributed by atoms with van der Waals surface area (Å²) in [4.78, 5) is 16.2. The third kappa shape index (κ3) is 1.22. The number of aromatic nitrogens is 1. The Balaban J connectivity index is 2.06. The Morgan fingerprint density at radius 3 is 3.25 bits per heavy atom. The van der Waals surface area contributed by atoms with Gasteiger partial charge in [-0.15, -0.1) is 0 Å². The van der Waals surface area contributed by atoms with E-state index in [1.54, 1.807) is 12.4 Å². The van der Waals surface area contributed by atoms with E-state index >= 15 is 0 Å². The number of nitrogens with zero attached hydrogens (tertiary/aromatic N) is 1. The number of carbonyl (C=O) groups is 1. The second kappa shape index (κ2) is 3.20. The minimum absolute atomic E-state index is 0.120. The van der Waals surface area contributed by atoms with Crippen molar-refractivity contribution in [3.05, 3.63) is 18.5 Å². The smallest absolute Gasteiger partial charge is 0.232 e. The maximum absolute atomic E-state index is 12.2. The Kier molecular flexibility index (Phi) is 1.93. The Labute approximate surface area is 94.5 Å². The number of anilines is 2. The van der Waals surface area contributed by atoms with Crippen molar-refractivity contribution in [2.75, 3.05) is 10.6 Å². The van der Waals surface area contributed by atoms with Crippen molar-refractivity contribution >= 4 is 17.3 Å². The van der Waals surface area contributed by atoms with E-state index in [1.807, 2.05) is 13.0 Å². The summed E-state index contributed by atoms with van der Waals surface area (Å²) in [5, 5.41) is 6.44. The van der Waals surface area contributed by atoms with E-state index in [-0.39, 0.29) is 17.4 Å². The maximum atomic E-state index is 12.2. The van der Waals surface area contributed by atoms with E-state index in [4.69, 9.17) is 0 Å². The monoisotopic (exact) mass is 217 g/mol. The summed E-state index contributed by atoms with van der Waals surface area (Å²) in [6, 6.07) is 2.16. The largest absolute Gasteiger partial charge is 0.379 e. The van der Waals surface area contributed by atoms with Gasteiger partial charge < -0.3 is 10.6 Å². The number of amides is 1. The van der Waals surface area contributed by atoms with E-state index in [1.165, 1.54) is 0 Å². The van der Waals surface area contributed by atoms with Crippen molar-refractivity contribution in [2.45, 2.75) is 32.2 Å². The molecule has 4 nitrogen and oxygen atoms in total. The summed E-state index contributed by atoms with van der Waals surface area (Å²) in [5.74, 6) is 0.120. The first-order chi connectivity index (χ1) is 7.70. The molecule has 3 rings (SSSR count). The van der Waals surface area contributed by atoms with Crippen LogP contribution in [0.25, 0.3) is 0 Å². The summed E-state index contributed by atoms with van der Waals surface area (Å²) in [5.41, 5.74) is 1.50. The highest BCUT2D eigenvalue weighted by Gasteiger charge is 2.46. The molecule has 84 valence electrons. The molecular formula is C12H15N3O. The van der Waals surface area contributed by atoms with Gasteiger partial charge in [0, 0.05) is 12.2 Å². The lowest BCUT2D eigenvalue weighted by Gasteiger charge is -2.27. The van der Waals surface area contributed by atoms with Crippen molar-refractivity contribution in [1.29, 1.82) is 0 Å². The number of hydrogen-bond donors (Lipinski definition) is 2. The quantitative estimate of drug-likeness (QED) is 0.699. The predicted octanol–water partition coefficient (Wildman–Crippen LogP) is 2.00. The second-order valence-electron chi connectivity index (χ2n) is 4.88. The van der Waals surface area contributed by atoms with Crippen molar-refractivity contribution in [3.63, 3.8) is 0 Å². The van der Waals surface area contributed by atoms with Crippen molar-refractivity contribution < 1.29 is 4.79 Å². The summed E-state index contributed by atoms with van der Waals surface area (Å²) < 4.78 is 0. The van der Waals surface area contributed by atoms with Crippen LogP contribution in [0.15, 0.2) is 18.5 Å². The molecule has 2 N–H and O–H groups in total. The molecule has 1 aromatic rings. The highest BCUT2D eigenvalue weighted by molar-refractivity contribution is 6.00. The Bertz CT molecular complexity index is 446. The molecule has 0 aromatic carbocycles. The van der Waals surface area contributed by atoms with Crippen LogP contribution in [0.1, 0.15) is 26.2 Å². The molecular weight excluding hydrogens is 202 g/mol. The lowest BCUT2D eigenvalue weighted by atomic mass is 9.84. The first-order valence-corrected chi connectivity index (χ1v) is 5.72. The van der Waals surface area contributed by atoms with Gasteiger partial charge in [-0.1, -0.05) is 6.42 Å². The summed E-state index contributed by atoms with van der Waals surface area (Å²) in [7, 11) is 0. The SMILES string of the molecule is CC12CCCC1Nc1ccncc1NC2=O. The number of nitrogens with one attached hydrogen (secondary N) is 2. The van der Waals surface area contributed by atoms with Gasteiger partial charge >= 0.3 is 0 Å². The molecule has 4 heteroatoms. The van der Waals surface area contributed by atoms with Crippen LogP contribution < -0.4 is 10.6 Å². The van der Waals surface area contributed by atoms with Gasteiger partial charge in [0.15, 0.2) is 0 Å². The molecule has 2 heterocycles. The number of pyridine rings is 1. The topological polar surface area (TPSA) is 54.0 Å². The number of carbonyl (C=O) groups excluding carboxylic acids is 1. The van der Waals surface area contributed by atoms with Crippen molar-refractivity contribution in [1.82, 2.24) is 4.98 Å². The van der Waals surface area contributed by atoms with E-state index in [0.717, 1.165) is 30.6 Å². The molecule has 0 saturated heterocycles. The van der Waals surface area contributed by atoms with Gasteiger partial charge in [0.05, 0.1) is 23.0 Å². The zero-order valence-corrected chi connectivity index (χ0v) is 9.29. The van der Waals surface area contributed by atoms with Crippen LogP contribution >= 0.6 is 0 Å². The van der Waals surface area contributed by atoms with Crippen LogP contribution in [0.2, 0.25) is 0 Å². The van der Waals surface area contributed by atoms with Crippen LogP contribution in [0.3, 0.4) is 0 Å². The summed E-state index contributed by atoms with van der Waals surface area (Å²) in [6.07, 6.45) is 6.58. The standard InChI is InChI=1S/C12H15N3O/c1-12-5-2-3-10(12)14-8-4-6-13-7-9(8)15-11(12)16/h4,6-7,10,14H,2-3,5H2,1H3,(H,15,16). The minimum atomic E-state index is -0.279. The van der Waals surface area contributed by atoms with Crippen LogP contribution in [0, 0.1) is 5.41 Å². The van der Waals surface area contributed by atoms with E-state index in [2.05, 4.69) is 15.6 Å². The molecule has 2 aliphatic rings. The van der Waals surface area contributed by atoms with Gasteiger partial charge in [-0.3, -0.25) is 9.78 Å². The average molecular weight is 217 g/mol. The maximum Gasteiger partial charge on any atom is 0.232 e. The normalized spacial score (nSPS) is 32.1. The molecule has 2 atom stereocenters. The van der Waals surface area contributed by atoms with Crippen LogP contribution in [-0.2, 0) is 4.79 Å². The van der Waals surface area contributed by atoms with Gasteiger partial charge in [-0.2, -0.15) is 0 Å². The van der Waals surface area contributed by atoms with Gasteiger partial charge in [-0.25, -0.2) is 0 Å². The Morgan fingerprint density at radius 1 is 1.50 bits per heavy atom. The molecule has 2 unspecified atom stereocenters. The molecule has 1 aliphatic heterocycles. The van der Waals surface area contributed by atoms with Crippen molar-refractivity contribution in [2.24, 2.45) is 5.41 Å². The third-order valence-electron chi connectivity index (χ3n) is 3.88. The first kappa shape index (κ1) is 9.63. The van der Waals surface area contributed by atoms with Crippen LogP contribution in [0.4, 0.5) is 11.4 Å². The molecule has 1 fully saturated rings. The minimum Gasteiger partial charge on any atom is -0.379 e. The molecule has 1 saturated carbocycles. The zero-order valence-electron chi connectivity index (χ0n) is 9.29. The predicted molar refractivity (Wildman–Crippen MR) is 62.2 cm³/mol. The molecule has 1 aromatic heterocycles. The first-order valence-electron chi connectivity index (χ1n) is 5.72. The van der Waals surface area contributed by atoms with E-state index in [9.17, 15) is 4.79 Å². The van der Waals surface area contributed by atoms with Crippen LogP contribution in [-0.4, -0.2) is 16.9 Å². The fourth-order valence-electron chi connectivity index (χ4n) is 2.74. The van der Waals surface area contributed by atoms with Gasteiger partial charge in [0.25, 0.3) is 0 Å². The van der Waals surface area contributed by atoms with E-state index < -0.39 is 0 Å². The number of fused-ring (bicyclic) bond motifs is 2. The summed E-state index contributed by atoms with van der Waals surface area (Å²) in [6.45, 7) is 2.05. The lowest BCUT2D eigenvalue weighted by molar-refractivity contribution is -0.124. The van der Waals surface area contributed by atoms with E-state index in [0.29, 0.717) is 0 Å². The highest BCUT2D eigenvalue weighted by atomic mass is 16.2. The fraction of sp³-hybridized carbons (Fsp3) is 0.500. The van der Waals surface area contributed by atoms with Gasteiger partial charge in [-0.05, 0) is 25.8 Å². The number of rotatable bonds is 0. The third-order valence-corrected chi connectivity index (χ3v) is 3.88. The molecule has 0 radical (unpaired) electrons.